The number of hydrogen-bond donors (Lipinski definition) is 1. The third-order valence-corrected chi connectivity index (χ3v) is 2.28. The zero-order valence-electron chi connectivity index (χ0n) is 8.47. The van der Waals surface area contributed by atoms with Crippen LogP contribution in [-0.4, -0.2) is 61.8 Å². The molecule has 7 heteroatoms. The van der Waals surface area contributed by atoms with E-state index in [1.807, 2.05) is 0 Å². The minimum atomic E-state index is -4.16. The number of nitrogens with one attached hydrogen (secondary N) is 1. The normalized spacial score (nSPS) is 19.1. The fourth-order valence-electron chi connectivity index (χ4n) is 1.52. The quantitative estimate of drug-likeness (QED) is 0.705. The first-order valence-electron chi connectivity index (χ1n) is 4.68. The first kappa shape index (κ1) is 12.1. The number of amides is 2. The molecule has 1 aliphatic rings. The van der Waals surface area contributed by atoms with Crippen molar-refractivity contribution in [2.24, 2.45) is 0 Å². The lowest BCUT2D eigenvalue weighted by Gasteiger charge is -2.34. The largest absolute Gasteiger partial charge is 0.401 e. The van der Waals surface area contributed by atoms with Gasteiger partial charge in [0.15, 0.2) is 0 Å². The highest BCUT2D eigenvalue weighted by molar-refractivity contribution is 5.73. The van der Waals surface area contributed by atoms with Crippen LogP contribution >= 0.6 is 0 Å². The lowest BCUT2D eigenvalue weighted by Crippen LogP contribution is -2.52. The van der Waals surface area contributed by atoms with Crippen molar-refractivity contribution >= 4 is 6.03 Å². The van der Waals surface area contributed by atoms with E-state index in [9.17, 15) is 18.0 Å². The summed E-state index contributed by atoms with van der Waals surface area (Å²) in [5.41, 5.74) is 0. The fraction of sp³-hybridized carbons (Fsp3) is 0.875. The van der Waals surface area contributed by atoms with Crippen molar-refractivity contribution in [3.63, 3.8) is 0 Å². The van der Waals surface area contributed by atoms with E-state index in [0.29, 0.717) is 13.1 Å². The zero-order chi connectivity index (χ0) is 11.5. The van der Waals surface area contributed by atoms with Crippen LogP contribution in [0.25, 0.3) is 0 Å². The number of halogens is 3. The van der Waals surface area contributed by atoms with E-state index in [-0.39, 0.29) is 19.1 Å². The Morgan fingerprint density at radius 2 is 1.80 bits per heavy atom. The van der Waals surface area contributed by atoms with Crippen molar-refractivity contribution < 1.29 is 18.0 Å². The molecule has 0 saturated carbocycles. The molecule has 1 heterocycles. The molecule has 1 fully saturated rings. The maximum absolute atomic E-state index is 12.0. The van der Waals surface area contributed by atoms with Gasteiger partial charge >= 0.3 is 12.2 Å². The summed E-state index contributed by atoms with van der Waals surface area (Å²) in [6, 6.07) is -0.235. The van der Waals surface area contributed by atoms with Crippen molar-refractivity contribution in [1.82, 2.24) is 15.1 Å². The lowest BCUT2D eigenvalue weighted by atomic mass is 10.3. The maximum atomic E-state index is 12.0. The first-order valence-corrected chi connectivity index (χ1v) is 4.68. The van der Waals surface area contributed by atoms with Crippen LogP contribution in [0.15, 0.2) is 0 Å². The van der Waals surface area contributed by atoms with Gasteiger partial charge in [0, 0.05) is 33.2 Å². The monoisotopic (exact) mass is 225 g/mol. The summed E-state index contributed by atoms with van der Waals surface area (Å²) in [7, 11) is 1.50. The maximum Gasteiger partial charge on any atom is 0.401 e. The molecule has 1 aliphatic heterocycles. The van der Waals surface area contributed by atoms with Gasteiger partial charge in [-0.05, 0) is 0 Å². The molecular formula is C8H14F3N3O. The van der Waals surface area contributed by atoms with E-state index >= 15 is 0 Å². The highest BCUT2D eigenvalue weighted by Crippen LogP contribution is 2.17. The molecule has 15 heavy (non-hydrogen) atoms. The summed E-state index contributed by atoms with van der Waals surface area (Å²) < 4.78 is 36.1. The van der Waals surface area contributed by atoms with E-state index in [1.54, 1.807) is 0 Å². The van der Waals surface area contributed by atoms with Crippen molar-refractivity contribution in [3.05, 3.63) is 0 Å². The van der Waals surface area contributed by atoms with Crippen LogP contribution in [0.2, 0.25) is 0 Å². The van der Waals surface area contributed by atoms with Crippen LogP contribution in [-0.2, 0) is 0 Å². The van der Waals surface area contributed by atoms with Gasteiger partial charge in [-0.2, -0.15) is 13.2 Å². The predicted octanol–water partition coefficient (Wildman–Crippen LogP) is 0.506. The summed E-state index contributed by atoms with van der Waals surface area (Å²) in [6.07, 6.45) is -4.16. The molecular weight excluding hydrogens is 211 g/mol. The van der Waals surface area contributed by atoms with Crippen molar-refractivity contribution in [2.75, 3.05) is 39.8 Å². The molecule has 0 spiro atoms. The van der Waals surface area contributed by atoms with E-state index in [1.165, 1.54) is 16.8 Å². The van der Waals surface area contributed by atoms with Gasteiger partial charge in [0.05, 0.1) is 6.54 Å². The molecule has 0 atom stereocenters. The van der Waals surface area contributed by atoms with Gasteiger partial charge in [-0.15, -0.1) is 0 Å². The summed E-state index contributed by atoms with van der Waals surface area (Å²) >= 11 is 0. The standard InChI is InChI=1S/C8H14F3N3O/c1-12-7(15)14-4-2-13(3-5-14)6-8(9,10)11/h2-6H2,1H3,(H,12,15). The summed E-state index contributed by atoms with van der Waals surface area (Å²) in [5.74, 6) is 0. The van der Waals surface area contributed by atoms with Gasteiger partial charge in [0.25, 0.3) is 0 Å². The number of carbonyl (C=O) groups is 1. The molecule has 0 unspecified atom stereocenters. The highest BCUT2D eigenvalue weighted by Gasteiger charge is 2.32. The molecule has 0 aromatic carbocycles. The van der Waals surface area contributed by atoms with Crippen LogP contribution in [0.4, 0.5) is 18.0 Å². The summed E-state index contributed by atoms with van der Waals surface area (Å²) in [5, 5.41) is 2.44. The van der Waals surface area contributed by atoms with Crippen LogP contribution in [0.5, 0.6) is 0 Å². The Kier molecular flexibility index (Phi) is 3.78. The molecule has 2 amide bonds. The van der Waals surface area contributed by atoms with Gasteiger partial charge < -0.3 is 10.2 Å². The Bertz CT molecular complexity index is 224. The van der Waals surface area contributed by atoms with E-state index in [4.69, 9.17) is 0 Å². The number of urea groups is 1. The molecule has 0 aromatic rings. The summed E-state index contributed by atoms with van der Waals surface area (Å²) in [4.78, 5) is 13.9. The minimum Gasteiger partial charge on any atom is -0.341 e. The van der Waals surface area contributed by atoms with Crippen molar-refractivity contribution in [1.29, 1.82) is 0 Å². The number of nitrogens with zero attached hydrogens (tertiary/aromatic N) is 2. The molecule has 0 aromatic heterocycles. The van der Waals surface area contributed by atoms with Crippen LogP contribution in [0.1, 0.15) is 0 Å². The van der Waals surface area contributed by atoms with E-state index < -0.39 is 12.7 Å². The Hall–Kier alpha value is -0.980. The third kappa shape index (κ3) is 3.94. The molecule has 0 aliphatic carbocycles. The SMILES string of the molecule is CNC(=O)N1CCN(CC(F)(F)F)CC1. The number of carbonyl (C=O) groups excluding carboxylic acids is 1. The molecule has 0 radical (unpaired) electrons. The van der Waals surface area contributed by atoms with E-state index in [2.05, 4.69) is 5.32 Å². The fourth-order valence-corrected chi connectivity index (χ4v) is 1.52. The van der Waals surface area contributed by atoms with Gasteiger partial charge in [-0.1, -0.05) is 0 Å². The van der Waals surface area contributed by atoms with Crippen LogP contribution in [0.3, 0.4) is 0 Å². The Balaban J connectivity index is 2.33. The Morgan fingerprint density at radius 1 is 1.27 bits per heavy atom. The second-order valence-electron chi connectivity index (χ2n) is 3.43. The molecule has 1 N–H and O–H groups in total. The second kappa shape index (κ2) is 4.69. The Labute approximate surface area is 86.0 Å². The van der Waals surface area contributed by atoms with Gasteiger partial charge in [-0.25, -0.2) is 4.79 Å². The minimum absolute atomic E-state index is 0.235. The second-order valence-corrected chi connectivity index (χ2v) is 3.43. The van der Waals surface area contributed by atoms with Crippen LogP contribution in [0, 0.1) is 0 Å². The molecule has 88 valence electrons. The van der Waals surface area contributed by atoms with Gasteiger partial charge in [-0.3, -0.25) is 4.90 Å². The Morgan fingerprint density at radius 3 is 2.20 bits per heavy atom. The average Bonchev–Trinajstić information content (AvgIpc) is 2.15. The highest BCUT2D eigenvalue weighted by atomic mass is 19.4. The van der Waals surface area contributed by atoms with Crippen molar-refractivity contribution in [3.8, 4) is 0 Å². The van der Waals surface area contributed by atoms with Gasteiger partial charge in [0.2, 0.25) is 0 Å². The first-order chi connectivity index (χ1) is 6.92. The number of rotatable bonds is 1. The topological polar surface area (TPSA) is 35.6 Å². The van der Waals surface area contributed by atoms with Crippen molar-refractivity contribution in [2.45, 2.75) is 6.18 Å². The third-order valence-electron chi connectivity index (χ3n) is 2.28. The smallest absolute Gasteiger partial charge is 0.341 e. The molecule has 1 saturated heterocycles. The molecule has 0 bridgehead atoms. The number of alkyl halides is 3. The average molecular weight is 225 g/mol. The summed E-state index contributed by atoms with van der Waals surface area (Å²) in [6.45, 7) is 0.333. The predicted molar refractivity (Wildman–Crippen MR) is 48.5 cm³/mol. The zero-order valence-corrected chi connectivity index (χ0v) is 8.47. The lowest BCUT2D eigenvalue weighted by molar-refractivity contribution is -0.148. The van der Waals surface area contributed by atoms with Gasteiger partial charge in [0.1, 0.15) is 0 Å². The van der Waals surface area contributed by atoms with Crippen LogP contribution < -0.4 is 5.32 Å². The van der Waals surface area contributed by atoms with E-state index in [0.717, 1.165) is 0 Å². The molecule has 4 nitrogen and oxygen atoms in total. The number of hydrogen-bond acceptors (Lipinski definition) is 2. The molecule has 1 rings (SSSR count). The number of piperazine rings is 1.